The Bertz CT molecular complexity index is 482. The summed E-state index contributed by atoms with van der Waals surface area (Å²) in [4.78, 5) is 14.2. The van der Waals surface area contributed by atoms with Crippen molar-refractivity contribution in [3.05, 3.63) is 23.8 Å². The quantitative estimate of drug-likeness (QED) is 0.717. The topological polar surface area (TPSA) is 72.8 Å². The number of rotatable bonds is 4. The minimum Gasteiger partial charge on any atom is -0.504 e. The van der Waals surface area contributed by atoms with Crippen molar-refractivity contribution in [2.75, 3.05) is 20.6 Å². The molecule has 0 heterocycles. The Morgan fingerprint density at radius 1 is 1.37 bits per heavy atom. The number of benzene rings is 1. The molecule has 3 N–H and O–H groups in total. The van der Waals surface area contributed by atoms with Gasteiger partial charge in [-0.25, -0.2) is 0 Å². The Labute approximate surface area is 112 Å². The van der Waals surface area contributed by atoms with Crippen molar-refractivity contribution in [2.45, 2.75) is 24.8 Å². The average molecular weight is 264 g/mol. The van der Waals surface area contributed by atoms with Crippen molar-refractivity contribution in [2.24, 2.45) is 0 Å². The van der Waals surface area contributed by atoms with Crippen molar-refractivity contribution in [1.82, 2.24) is 10.2 Å². The number of para-hydroxylation sites is 1. The van der Waals surface area contributed by atoms with Gasteiger partial charge in [-0.3, -0.25) is 4.79 Å². The zero-order valence-electron chi connectivity index (χ0n) is 11.3. The van der Waals surface area contributed by atoms with Crippen molar-refractivity contribution in [3.8, 4) is 11.5 Å². The number of hydrogen-bond acceptors (Lipinski definition) is 4. The molecule has 1 fully saturated rings. The predicted molar refractivity (Wildman–Crippen MR) is 72.4 cm³/mol. The van der Waals surface area contributed by atoms with Crippen LogP contribution in [-0.2, 0) is 0 Å². The maximum absolute atomic E-state index is 12.0. The molecule has 1 aliphatic carbocycles. The van der Waals surface area contributed by atoms with Crippen LogP contribution in [0.4, 0.5) is 0 Å². The Morgan fingerprint density at radius 2 is 2.05 bits per heavy atom. The highest BCUT2D eigenvalue weighted by atomic mass is 16.3. The summed E-state index contributed by atoms with van der Waals surface area (Å²) in [6, 6.07) is 4.38. The number of likely N-dealkylation sites (N-methyl/N-ethyl adjacent to an activating group) is 1. The van der Waals surface area contributed by atoms with Crippen LogP contribution in [0, 0.1) is 0 Å². The zero-order chi connectivity index (χ0) is 14.0. The number of phenolic OH excluding ortho intramolecular Hbond substituents is 2. The number of carbonyl (C=O) groups is 1. The molecular weight excluding hydrogens is 244 g/mol. The fourth-order valence-electron chi connectivity index (χ4n) is 2.42. The number of hydrogen-bond donors (Lipinski definition) is 3. The zero-order valence-corrected chi connectivity index (χ0v) is 11.3. The number of amides is 1. The van der Waals surface area contributed by atoms with Gasteiger partial charge in [-0.2, -0.15) is 0 Å². The van der Waals surface area contributed by atoms with Gasteiger partial charge in [0, 0.05) is 12.1 Å². The Kier molecular flexibility index (Phi) is 3.66. The van der Waals surface area contributed by atoms with Gasteiger partial charge in [0.05, 0.1) is 5.56 Å². The van der Waals surface area contributed by atoms with E-state index in [0.717, 1.165) is 12.8 Å². The van der Waals surface area contributed by atoms with E-state index in [0.29, 0.717) is 6.54 Å². The van der Waals surface area contributed by atoms with Crippen LogP contribution in [0.15, 0.2) is 18.2 Å². The fraction of sp³-hybridized carbons (Fsp3) is 0.500. The summed E-state index contributed by atoms with van der Waals surface area (Å²) in [5.41, 5.74) is 0.135. The first-order valence-electron chi connectivity index (χ1n) is 6.43. The van der Waals surface area contributed by atoms with Crippen LogP contribution < -0.4 is 5.32 Å². The van der Waals surface area contributed by atoms with Crippen molar-refractivity contribution >= 4 is 5.91 Å². The predicted octanol–water partition coefficient (Wildman–Crippen LogP) is 1.31. The molecule has 104 valence electrons. The van der Waals surface area contributed by atoms with Gasteiger partial charge in [0.2, 0.25) is 0 Å². The smallest absolute Gasteiger partial charge is 0.255 e. The lowest BCUT2D eigenvalue weighted by Crippen LogP contribution is -2.57. The van der Waals surface area contributed by atoms with E-state index in [1.807, 2.05) is 14.1 Å². The Morgan fingerprint density at radius 3 is 2.58 bits per heavy atom. The first-order valence-corrected chi connectivity index (χ1v) is 6.43. The number of nitrogens with zero attached hydrogens (tertiary/aromatic N) is 1. The lowest BCUT2D eigenvalue weighted by Gasteiger charge is -2.47. The molecule has 1 aromatic carbocycles. The molecule has 0 spiro atoms. The summed E-state index contributed by atoms with van der Waals surface area (Å²) < 4.78 is 0. The van der Waals surface area contributed by atoms with Gasteiger partial charge >= 0.3 is 0 Å². The van der Waals surface area contributed by atoms with Crippen molar-refractivity contribution in [1.29, 1.82) is 0 Å². The maximum atomic E-state index is 12.0. The molecule has 1 aromatic rings. The summed E-state index contributed by atoms with van der Waals surface area (Å²) >= 11 is 0. The highest BCUT2D eigenvalue weighted by Gasteiger charge is 2.39. The molecule has 2 rings (SSSR count). The average Bonchev–Trinajstić information content (AvgIpc) is 2.30. The molecule has 0 aromatic heterocycles. The largest absolute Gasteiger partial charge is 0.504 e. The third kappa shape index (κ3) is 2.51. The molecule has 0 aliphatic heterocycles. The number of nitrogens with one attached hydrogen (secondary N) is 1. The van der Waals surface area contributed by atoms with Crippen molar-refractivity contribution in [3.63, 3.8) is 0 Å². The number of phenols is 2. The van der Waals surface area contributed by atoms with Gasteiger partial charge in [-0.15, -0.1) is 0 Å². The van der Waals surface area contributed by atoms with E-state index in [-0.39, 0.29) is 28.5 Å². The van der Waals surface area contributed by atoms with E-state index >= 15 is 0 Å². The fourth-order valence-corrected chi connectivity index (χ4v) is 2.42. The highest BCUT2D eigenvalue weighted by Crippen LogP contribution is 2.35. The minimum absolute atomic E-state index is 0.0299. The summed E-state index contributed by atoms with van der Waals surface area (Å²) in [5.74, 6) is -1.01. The molecule has 1 amide bonds. The monoisotopic (exact) mass is 264 g/mol. The van der Waals surface area contributed by atoms with E-state index in [9.17, 15) is 15.0 Å². The van der Waals surface area contributed by atoms with Crippen LogP contribution in [0.5, 0.6) is 11.5 Å². The van der Waals surface area contributed by atoms with E-state index in [1.54, 1.807) is 0 Å². The van der Waals surface area contributed by atoms with E-state index < -0.39 is 0 Å². The second kappa shape index (κ2) is 5.09. The lowest BCUT2D eigenvalue weighted by molar-refractivity contribution is 0.0556. The summed E-state index contributed by atoms with van der Waals surface area (Å²) in [6.07, 6.45) is 3.30. The SMILES string of the molecule is CN(C)C1(CNC(=O)c2cccc(O)c2O)CCC1. The van der Waals surface area contributed by atoms with Gasteiger partial charge in [0.25, 0.3) is 5.91 Å². The van der Waals surface area contributed by atoms with Crippen LogP contribution in [0.2, 0.25) is 0 Å². The van der Waals surface area contributed by atoms with Gasteiger partial charge in [-0.05, 0) is 45.5 Å². The molecular formula is C14H20N2O3. The molecule has 5 nitrogen and oxygen atoms in total. The van der Waals surface area contributed by atoms with Gasteiger partial charge in [0.15, 0.2) is 11.5 Å². The molecule has 19 heavy (non-hydrogen) atoms. The molecule has 0 atom stereocenters. The second-order valence-corrected chi connectivity index (χ2v) is 5.33. The van der Waals surface area contributed by atoms with E-state index in [1.165, 1.54) is 24.6 Å². The summed E-state index contributed by atoms with van der Waals surface area (Å²) in [6.45, 7) is 0.550. The lowest BCUT2D eigenvalue weighted by atomic mass is 9.75. The molecule has 0 unspecified atom stereocenters. The van der Waals surface area contributed by atoms with Crippen molar-refractivity contribution < 1.29 is 15.0 Å². The van der Waals surface area contributed by atoms with Crippen LogP contribution in [0.25, 0.3) is 0 Å². The molecule has 5 heteroatoms. The van der Waals surface area contributed by atoms with Crippen LogP contribution in [0.3, 0.4) is 0 Å². The second-order valence-electron chi connectivity index (χ2n) is 5.33. The van der Waals surface area contributed by atoms with Crippen LogP contribution >= 0.6 is 0 Å². The maximum Gasteiger partial charge on any atom is 0.255 e. The third-order valence-corrected chi connectivity index (χ3v) is 4.07. The normalized spacial score (nSPS) is 17.0. The molecule has 1 saturated carbocycles. The first kappa shape index (κ1) is 13.7. The Balaban J connectivity index is 2.04. The Hall–Kier alpha value is -1.75. The summed E-state index contributed by atoms with van der Waals surface area (Å²) in [5, 5.41) is 21.9. The van der Waals surface area contributed by atoms with Crippen LogP contribution in [0.1, 0.15) is 29.6 Å². The highest BCUT2D eigenvalue weighted by molar-refractivity contribution is 5.97. The van der Waals surface area contributed by atoms with Gasteiger partial charge < -0.3 is 20.4 Å². The molecule has 0 saturated heterocycles. The van der Waals surface area contributed by atoms with Gasteiger partial charge in [-0.1, -0.05) is 6.07 Å². The third-order valence-electron chi connectivity index (χ3n) is 4.07. The molecule has 1 aliphatic rings. The summed E-state index contributed by atoms with van der Waals surface area (Å²) in [7, 11) is 4.02. The standard InChI is InChI=1S/C14H20N2O3/c1-16(2)14(7-4-8-14)9-15-13(19)10-5-3-6-11(17)12(10)18/h3,5-6,17-18H,4,7-9H2,1-2H3,(H,15,19). The number of aromatic hydroxyl groups is 2. The number of carbonyl (C=O) groups excluding carboxylic acids is 1. The van der Waals surface area contributed by atoms with E-state index in [2.05, 4.69) is 10.2 Å². The molecule has 0 radical (unpaired) electrons. The van der Waals surface area contributed by atoms with Crippen LogP contribution in [-0.4, -0.2) is 47.2 Å². The van der Waals surface area contributed by atoms with Gasteiger partial charge in [0.1, 0.15) is 0 Å². The first-order chi connectivity index (χ1) is 8.96. The van der Waals surface area contributed by atoms with E-state index in [4.69, 9.17) is 0 Å². The molecule has 0 bridgehead atoms. The minimum atomic E-state index is -0.368.